The zero-order valence-electron chi connectivity index (χ0n) is 31.1. The Labute approximate surface area is 311 Å². The number of H-pyrrole nitrogens is 1. The molecule has 0 bridgehead atoms. The molecule has 53 heavy (non-hydrogen) atoms. The molecule has 9 N–H and O–H groups in total. The number of nitrogens with one attached hydrogen (secondary N) is 5. The summed E-state index contributed by atoms with van der Waals surface area (Å²) < 4.78 is 0. The lowest BCUT2D eigenvalue weighted by molar-refractivity contribution is -0.143. The van der Waals surface area contributed by atoms with Gasteiger partial charge in [-0.25, -0.2) is 9.78 Å². The highest BCUT2D eigenvalue weighted by atomic mass is 16.4. The van der Waals surface area contributed by atoms with Crippen molar-refractivity contribution in [1.82, 2.24) is 36.1 Å². The predicted molar refractivity (Wildman–Crippen MR) is 202 cm³/mol. The second-order valence-corrected chi connectivity index (χ2v) is 14.6. The van der Waals surface area contributed by atoms with Crippen molar-refractivity contribution in [1.29, 1.82) is 0 Å². The molecule has 0 spiro atoms. The highest BCUT2D eigenvalue weighted by molar-refractivity contribution is 5.90. The van der Waals surface area contributed by atoms with E-state index in [2.05, 4.69) is 31.2 Å². The first-order valence-corrected chi connectivity index (χ1v) is 18.4. The van der Waals surface area contributed by atoms with Crippen LogP contribution in [0, 0.1) is 11.8 Å². The average Bonchev–Trinajstić information content (AvgIpc) is 3.83. The van der Waals surface area contributed by atoms with Crippen LogP contribution in [0.1, 0.15) is 63.4 Å². The van der Waals surface area contributed by atoms with E-state index < -0.39 is 36.0 Å². The van der Waals surface area contributed by atoms with Crippen molar-refractivity contribution in [3.05, 3.63) is 83.9 Å². The molecule has 288 valence electrons. The molecule has 0 radical (unpaired) electrons. The number of likely N-dealkylation sites (tertiary alicyclic amines) is 1. The van der Waals surface area contributed by atoms with Gasteiger partial charge in [-0.15, -0.1) is 0 Å². The quantitative estimate of drug-likeness (QED) is 0.0792. The Morgan fingerprint density at radius 2 is 1.62 bits per heavy atom. The van der Waals surface area contributed by atoms with Crippen LogP contribution in [0.15, 0.2) is 67.1 Å². The molecule has 0 saturated carbocycles. The number of phenolic OH excluding ortho intramolecular Hbond substituents is 1. The number of hydrogen-bond donors (Lipinski definition) is 8. The summed E-state index contributed by atoms with van der Waals surface area (Å²) >= 11 is 0. The van der Waals surface area contributed by atoms with Gasteiger partial charge in [-0.3, -0.25) is 19.3 Å². The van der Waals surface area contributed by atoms with E-state index in [1.807, 2.05) is 32.6 Å². The first-order valence-electron chi connectivity index (χ1n) is 18.4. The molecule has 4 rings (SSSR count). The van der Waals surface area contributed by atoms with Gasteiger partial charge in [0.1, 0.15) is 5.75 Å². The number of carboxylic acid groups (broad SMARTS) is 1. The minimum Gasteiger partial charge on any atom is -0.508 e. The lowest BCUT2D eigenvalue weighted by Gasteiger charge is -2.30. The van der Waals surface area contributed by atoms with E-state index in [1.165, 1.54) is 0 Å². The lowest BCUT2D eigenvalue weighted by atomic mass is 9.99. The van der Waals surface area contributed by atoms with E-state index >= 15 is 0 Å². The fraction of sp³-hybridized carbons (Fsp3) is 0.513. The van der Waals surface area contributed by atoms with Crippen LogP contribution < -0.4 is 27.0 Å². The number of nitrogens with zero attached hydrogens (tertiary/aromatic N) is 2. The predicted octanol–water partition coefficient (Wildman–Crippen LogP) is 1.92. The third-order valence-electron chi connectivity index (χ3n) is 9.92. The molecule has 2 heterocycles. The van der Waals surface area contributed by atoms with Gasteiger partial charge >= 0.3 is 5.97 Å². The molecule has 0 aliphatic carbocycles. The van der Waals surface area contributed by atoms with Crippen molar-refractivity contribution < 1.29 is 29.4 Å². The standard InChI is InChI=1S/C39H56N8O6/c1-24(2)30(40)20-42-32(17-26-12-14-29(48)15-13-26)37(50)45-33(25(3)4)21-43-31(18-28-19-41-23-44-28)35(49)22-47-16-8-11-34(47)38(51)46-36(39(52)53)27-9-6-5-7-10-27/h5-7,9-10,12-15,19,23-25,30-34,36,42-43,48H,8,11,16-18,20-22,40H2,1-4H3,(H,41,44)(H,45,50)(H,46,51)(H,52,53)/t30-,31+,32+,33-,34?,36?/m1/s1. The number of carbonyl (C=O) groups excluding carboxylic acids is 3. The zero-order chi connectivity index (χ0) is 38.5. The van der Waals surface area contributed by atoms with E-state index in [0.717, 1.165) is 11.3 Å². The van der Waals surface area contributed by atoms with Crippen LogP contribution >= 0.6 is 0 Å². The maximum absolute atomic E-state index is 14.0. The smallest absolute Gasteiger partial charge is 0.330 e. The Bertz CT molecular complexity index is 1600. The summed E-state index contributed by atoms with van der Waals surface area (Å²) in [5.41, 5.74) is 8.41. The third-order valence-corrected chi connectivity index (χ3v) is 9.92. The van der Waals surface area contributed by atoms with Crippen LogP contribution in [0.4, 0.5) is 0 Å². The maximum atomic E-state index is 14.0. The van der Waals surface area contributed by atoms with E-state index in [9.17, 15) is 29.4 Å². The zero-order valence-corrected chi connectivity index (χ0v) is 31.1. The van der Waals surface area contributed by atoms with Crippen molar-refractivity contribution in [3.8, 4) is 5.75 Å². The Morgan fingerprint density at radius 1 is 0.925 bits per heavy atom. The number of nitrogens with two attached hydrogens (primary N) is 1. The van der Waals surface area contributed by atoms with Crippen LogP contribution in [0.5, 0.6) is 5.75 Å². The van der Waals surface area contributed by atoms with Gasteiger partial charge in [0, 0.05) is 43.5 Å². The molecule has 2 amide bonds. The van der Waals surface area contributed by atoms with Gasteiger partial charge < -0.3 is 42.2 Å². The van der Waals surface area contributed by atoms with E-state index in [4.69, 9.17) is 5.73 Å². The van der Waals surface area contributed by atoms with Crippen LogP contribution in [0.3, 0.4) is 0 Å². The van der Waals surface area contributed by atoms with Crippen molar-refractivity contribution in [3.63, 3.8) is 0 Å². The molecular weight excluding hydrogens is 676 g/mol. The maximum Gasteiger partial charge on any atom is 0.330 e. The normalized spacial score (nSPS) is 17.6. The summed E-state index contributed by atoms with van der Waals surface area (Å²) in [6.45, 7) is 9.31. The molecule has 1 aliphatic rings. The number of Topliss-reactive ketones (excluding diaryl/α,β-unsaturated/α-hetero) is 1. The number of ketones is 1. The van der Waals surface area contributed by atoms with Crippen molar-refractivity contribution >= 4 is 23.6 Å². The SMILES string of the molecule is CC(C)[C@H](N)CN[C@@H](Cc1ccc(O)cc1)C(=O)N[C@H](CN[C@@H](Cc1cnc[nH]1)C(=O)CN1CCCC1C(=O)NC(C(=O)O)c1ccccc1)C(C)C. The number of aromatic hydroxyl groups is 1. The van der Waals surface area contributed by atoms with Crippen LogP contribution in [-0.2, 0) is 32.0 Å². The summed E-state index contributed by atoms with van der Waals surface area (Å²) in [6, 6.07) is 11.7. The minimum absolute atomic E-state index is 0.0135. The summed E-state index contributed by atoms with van der Waals surface area (Å²) in [7, 11) is 0. The summed E-state index contributed by atoms with van der Waals surface area (Å²) in [5, 5.41) is 32.2. The molecule has 14 nitrogen and oxygen atoms in total. The van der Waals surface area contributed by atoms with Crippen molar-refractivity contribution in [2.24, 2.45) is 17.6 Å². The number of carbonyl (C=O) groups is 4. The summed E-state index contributed by atoms with van der Waals surface area (Å²) in [4.78, 5) is 62.3. The second-order valence-electron chi connectivity index (χ2n) is 14.6. The number of benzene rings is 2. The second kappa shape index (κ2) is 20.0. The number of aromatic nitrogens is 2. The fourth-order valence-corrected chi connectivity index (χ4v) is 6.36. The average molecular weight is 733 g/mol. The first kappa shape index (κ1) is 41.1. The number of amides is 2. The van der Waals surface area contributed by atoms with Gasteiger partial charge in [-0.05, 0) is 60.9 Å². The third kappa shape index (κ3) is 12.5. The van der Waals surface area contributed by atoms with Crippen LogP contribution in [0.2, 0.25) is 0 Å². The number of aliphatic carboxylic acids is 1. The number of aromatic amines is 1. The minimum atomic E-state index is -1.21. The molecule has 1 saturated heterocycles. The summed E-state index contributed by atoms with van der Waals surface area (Å²) in [6.07, 6.45) is 5.10. The van der Waals surface area contributed by atoms with Gasteiger partial charge in [0.2, 0.25) is 11.8 Å². The highest BCUT2D eigenvalue weighted by Crippen LogP contribution is 2.21. The molecule has 6 atom stereocenters. The molecular formula is C39H56N8O6. The number of phenols is 1. The molecule has 2 unspecified atom stereocenters. The van der Waals surface area contributed by atoms with Gasteiger partial charge in [-0.1, -0.05) is 70.2 Å². The van der Waals surface area contributed by atoms with E-state index in [-0.39, 0.29) is 47.9 Å². The fourth-order valence-electron chi connectivity index (χ4n) is 6.36. The molecule has 2 aromatic carbocycles. The van der Waals surface area contributed by atoms with E-state index in [1.54, 1.807) is 67.1 Å². The molecule has 1 fully saturated rings. The van der Waals surface area contributed by atoms with Gasteiger partial charge in [0.15, 0.2) is 11.8 Å². The number of carboxylic acids is 1. The number of imidazole rings is 1. The summed E-state index contributed by atoms with van der Waals surface area (Å²) in [5.74, 6) is -1.56. The van der Waals surface area contributed by atoms with Crippen molar-refractivity contribution in [2.75, 3.05) is 26.2 Å². The highest BCUT2D eigenvalue weighted by Gasteiger charge is 2.36. The van der Waals surface area contributed by atoms with Gasteiger partial charge in [-0.2, -0.15) is 0 Å². The Kier molecular flexibility index (Phi) is 15.5. The monoisotopic (exact) mass is 732 g/mol. The Balaban J connectivity index is 1.44. The first-order chi connectivity index (χ1) is 25.3. The molecule has 14 heteroatoms. The molecule has 3 aromatic rings. The topological polar surface area (TPSA) is 215 Å². The van der Waals surface area contributed by atoms with E-state index in [0.29, 0.717) is 50.9 Å². The van der Waals surface area contributed by atoms with Crippen LogP contribution in [-0.4, -0.2) is 105 Å². The van der Waals surface area contributed by atoms with Crippen LogP contribution in [0.25, 0.3) is 0 Å². The number of rotatable bonds is 21. The number of hydrogen-bond acceptors (Lipinski definition) is 10. The van der Waals surface area contributed by atoms with Gasteiger partial charge in [0.05, 0.1) is 31.0 Å². The van der Waals surface area contributed by atoms with Gasteiger partial charge in [0.25, 0.3) is 0 Å². The lowest BCUT2D eigenvalue weighted by Crippen LogP contribution is -2.56. The largest absolute Gasteiger partial charge is 0.508 e. The molecule has 1 aromatic heterocycles. The van der Waals surface area contributed by atoms with Crippen molar-refractivity contribution in [2.45, 2.75) is 89.6 Å². The Hall–Kier alpha value is -4.63. The Morgan fingerprint density at radius 3 is 2.25 bits per heavy atom. The molecule has 1 aliphatic heterocycles.